The zero-order chi connectivity index (χ0) is 15.8. The molecule has 0 aliphatic carbocycles. The van der Waals surface area contributed by atoms with Gasteiger partial charge >= 0.3 is 0 Å². The van der Waals surface area contributed by atoms with Crippen LogP contribution in [0.3, 0.4) is 0 Å². The van der Waals surface area contributed by atoms with Gasteiger partial charge in [0.15, 0.2) is 0 Å². The van der Waals surface area contributed by atoms with E-state index in [0.29, 0.717) is 12.1 Å². The molecule has 1 N–H and O–H groups in total. The molecule has 118 valence electrons. The van der Waals surface area contributed by atoms with Crippen molar-refractivity contribution in [1.29, 1.82) is 0 Å². The molecule has 1 unspecified atom stereocenters. The molecule has 0 spiro atoms. The van der Waals surface area contributed by atoms with Crippen molar-refractivity contribution in [3.8, 4) is 0 Å². The first kappa shape index (κ1) is 14.0. The number of fused-ring (bicyclic) bond motifs is 1. The molecule has 1 aromatic carbocycles. The quantitative estimate of drug-likeness (QED) is 0.790. The van der Waals surface area contributed by atoms with Crippen molar-refractivity contribution in [3.63, 3.8) is 0 Å². The summed E-state index contributed by atoms with van der Waals surface area (Å²) in [7, 11) is 1.82. The van der Waals surface area contributed by atoms with Gasteiger partial charge in [0.2, 0.25) is 0 Å². The molecule has 0 bridgehead atoms. The number of H-pyrrole nitrogens is 1. The Balaban J connectivity index is 1.55. The van der Waals surface area contributed by atoms with Crippen LogP contribution in [0.1, 0.15) is 34.9 Å². The fraction of sp³-hybridized carbons (Fsp3) is 0.353. The molecule has 1 saturated heterocycles. The number of hydrogen-bond acceptors (Lipinski definition) is 3. The molecule has 6 heteroatoms. The lowest BCUT2D eigenvalue weighted by Crippen LogP contribution is -2.39. The second-order valence-electron chi connectivity index (χ2n) is 6.13. The molecule has 2 aromatic heterocycles. The molecule has 3 heterocycles. The maximum atomic E-state index is 12.6. The summed E-state index contributed by atoms with van der Waals surface area (Å²) in [5, 5.41) is 4.09. The minimum Gasteiger partial charge on any atom is -0.342 e. The van der Waals surface area contributed by atoms with E-state index < -0.39 is 0 Å². The normalized spacial score (nSPS) is 18.5. The van der Waals surface area contributed by atoms with Gasteiger partial charge in [-0.1, -0.05) is 12.1 Å². The highest BCUT2D eigenvalue weighted by atomic mass is 16.2. The van der Waals surface area contributed by atoms with E-state index in [-0.39, 0.29) is 11.8 Å². The molecule has 1 fully saturated rings. The van der Waals surface area contributed by atoms with Gasteiger partial charge in [-0.15, -0.1) is 0 Å². The Labute approximate surface area is 134 Å². The number of carbonyl (C=O) groups is 1. The molecule has 6 nitrogen and oxygen atoms in total. The number of para-hydroxylation sites is 2. The van der Waals surface area contributed by atoms with Crippen molar-refractivity contribution in [2.24, 2.45) is 7.05 Å². The zero-order valence-corrected chi connectivity index (χ0v) is 13.1. The van der Waals surface area contributed by atoms with E-state index in [1.165, 1.54) is 0 Å². The average Bonchev–Trinajstić information content (AvgIpc) is 3.20. The minimum atomic E-state index is 0.0545. The number of hydrogen-bond donors (Lipinski definition) is 1. The second-order valence-corrected chi connectivity index (χ2v) is 6.13. The Kier molecular flexibility index (Phi) is 3.37. The maximum Gasteiger partial charge on any atom is 0.257 e. The van der Waals surface area contributed by atoms with Crippen LogP contribution >= 0.6 is 0 Å². The van der Waals surface area contributed by atoms with Gasteiger partial charge in [-0.05, 0) is 25.0 Å². The topological polar surface area (TPSA) is 66.8 Å². The van der Waals surface area contributed by atoms with Crippen LogP contribution in [-0.2, 0) is 7.05 Å². The van der Waals surface area contributed by atoms with Crippen LogP contribution in [0.4, 0.5) is 0 Å². The van der Waals surface area contributed by atoms with Gasteiger partial charge in [-0.25, -0.2) is 4.98 Å². The fourth-order valence-corrected chi connectivity index (χ4v) is 3.26. The molecule has 3 aromatic rings. The standard InChI is InChI=1S/C17H19N5O/c1-21-10-13(9-18-21)17(23)22-8-4-5-12(11-22)16-19-14-6-2-3-7-15(14)20-16/h2-3,6-7,9-10,12H,4-5,8,11H2,1H3,(H,19,20). The van der Waals surface area contributed by atoms with Gasteiger partial charge in [0.25, 0.3) is 5.91 Å². The van der Waals surface area contributed by atoms with Gasteiger partial charge in [0, 0.05) is 32.3 Å². The summed E-state index contributed by atoms with van der Waals surface area (Å²) >= 11 is 0. The molecule has 0 saturated carbocycles. The maximum absolute atomic E-state index is 12.6. The summed E-state index contributed by atoms with van der Waals surface area (Å²) in [5.41, 5.74) is 2.69. The second kappa shape index (κ2) is 5.53. The Bertz CT molecular complexity index is 816. The Hall–Kier alpha value is -2.63. The number of piperidine rings is 1. The third kappa shape index (κ3) is 2.60. The van der Waals surface area contributed by atoms with Crippen molar-refractivity contribution in [2.45, 2.75) is 18.8 Å². The smallest absolute Gasteiger partial charge is 0.257 e. The molecule has 0 radical (unpaired) electrons. The van der Waals surface area contributed by atoms with Crippen LogP contribution < -0.4 is 0 Å². The van der Waals surface area contributed by atoms with E-state index >= 15 is 0 Å². The predicted octanol–water partition coefficient (Wildman–Crippen LogP) is 2.32. The molecule has 1 amide bonds. The summed E-state index contributed by atoms with van der Waals surface area (Å²) < 4.78 is 1.66. The minimum absolute atomic E-state index is 0.0545. The van der Waals surface area contributed by atoms with Crippen molar-refractivity contribution in [3.05, 3.63) is 48.0 Å². The lowest BCUT2D eigenvalue weighted by molar-refractivity contribution is 0.0705. The molecule has 1 aliphatic rings. The Morgan fingerprint density at radius 3 is 3.00 bits per heavy atom. The number of aromatic amines is 1. The van der Waals surface area contributed by atoms with E-state index in [2.05, 4.69) is 10.1 Å². The number of imidazole rings is 1. The Morgan fingerprint density at radius 2 is 2.22 bits per heavy atom. The molecular weight excluding hydrogens is 290 g/mol. The van der Waals surface area contributed by atoms with Crippen LogP contribution in [0, 0.1) is 0 Å². The summed E-state index contributed by atoms with van der Waals surface area (Å²) in [6.45, 7) is 1.50. The summed E-state index contributed by atoms with van der Waals surface area (Å²) in [5.74, 6) is 1.30. The molecule has 4 rings (SSSR count). The van der Waals surface area contributed by atoms with Gasteiger partial charge in [-0.3, -0.25) is 9.48 Å². The zero-order valence-electron chi connectivity index (χ0n) is 13.1. The van der Waals surface area contributed by atoms with Crippen molar-refractivity contribution in [2.75, 3.05) is 13.1 Å². The van der Waals surface area contributed by atoms with Crippen LogP contribution in [0.25, 0.3) is 11.0 Å². The van der Waals surface area contributed by atoms with Gasteiger partial charge in [0.1, 0.15) is 5.82 Å². The van der Waals surface area contributed by atoms with Crippen LogP contribution in [0.15, 0.2) is 36.7 Å². The molecule has 1 aliphatic heterocycles. The van der Waals surface area contributed by atoms with Crippen LogP contribution in [0.2, 0.25) is 0 Å². The third-order valence-electron chi connectivity index (χ3n) is 4.45. The Morgan fingerprint density at radius 1 is 1.35 bits per heavy atom. The van der Waals surface area contributed by atoms with Gasteiger partial charge < -0.3 is 9.88 Å². The number of aryl methyl sites for hydroxylation is 1. The largest absolute Gasteiger partial charge is 0.342 e. The van der Waals surface area contributed by atoms with E-state index in [1.807, 2.05) is 36.2 Å². The molecular formula is C17H19N5O. The highest BCUT2D eigenvalue weighted by Crippen LogP contribution is 2.27. The van der Waals surface area contributed by atoms with Crippen molar-refractivity contribution in [1.82, 2.24) is 24.6 Å². The summed E-state index contributed by atoms with van der Waals surface area (Å²) in [4.78, 5) is 22.6. The summed E-state index contributed by atoms with van der Waals surface area (Å²) in [6.07, 6.45) is 5.45. The first-order valence-electron chi connectivity index (χ1n) is 7.93. The van der Waals surface area contributed by atoms with Crippen molar-refractivity contribution < 1.29 is 4.79 Å². The van der Waals surface area contributed by atoms with E-state index in [4.69, 9.17) is 4.98 Å². The van der Waals surface area contributed by atoms with E-state index in [0.717, 1.165) is 36.2 Å². The number of amides is 1. The number of carbonyl (C=O) groups excluding carboxylic acids is 1. The number of rotatable bonds is 2. The first-order valence-corrected chi connectivity index (χ1v) is 7.93. The van der Waals surface area contributed by atoms with Crippen LogP contribution in [0.5, 0.6) is 0 Å². The van der Waals surface area contributed by atoms with E-state index in [9.17, 15) is 4.79 Å². The number of aromatic nitrogens is 4. The number of nitrogens with one attached hydrogen (secondary N) is 1. The van der Waals surface area contributed by atoms with Gasteiger partial charge in [0.05, 0.1) is 22.8 Å². The lowest BCUT2D eigenvalue weighted by atomic mass is 9.97. The van der Waals surface area contributed by atoms with E-state index in [1.54, 1.807) is 17.1 Å². The van der Waals surface area contributed by atoms with Gasteiger partial charge in [-0.2, -0.15) is 5.10 Å². The number of nitrogens with zero attached hydrogens (tertiary/aromatic N) is 4. The SMILES string of the molecule is Cn1cc(C(=O)N2CCCC(c3nc4ccccc4[nH]3)C2)cn1. The lowest BCUT2D eigenvalue weighted by Gasteiger charge is -2.31. The molecule has 1 atom stereocenters. The molecule has 23 heavy (non-hydrogen) atoms. The number of likely N-dealkylation sites (tertiary alicyclic amines) is 1. The monoisotopic (exact) mass is 309 g/mol. The first-order chi connectivity index (χ1) is 11.2. The summed E-state index contributed by atoms with van der Waals surface area (Å²) in [6, 6.07) is 8.04. The predicted molar refractivity (Wildman–Crippen MR) is 87.2 cm³/mol. The number of benzene rings is 1. The fourth-order valence-electron chi connectivity index (χ4n) is 3.26. The van der Waals surface area contributed by atoms with Crippen LogP contribution in [-0.4, -0.2) is 43.6 Å². The highest BCUT2D eigenvalue weighted by Gasteiger charge is 2.27. The van der Waals surface area contributed by atoms with Crippen molar-refractivity contribution >= 4 is 16.9 Å². The third-order valence-corrected chi connectivity index (χ3v) is 4.45. The average molecular weight is 309 g/mol. The highest BCUT2D eigenvalue weighted by molar-refractivity contribution is 5.93.